The molecular formula is C8H13N3. The van der Waals surface area contributed by atoms with Gasteiger partial charge < -0.3 is 0 Å². The van der Waals surface area contributed by atoms with Crippen molar-refractivity contribution in [2.24, 2.45) is 0 Å². The van der Waals surface area contributed by atoms with E-state index in [1.165, 1.54) is 19.3 Å². The number of rotatable bonds is 1. The minimum absolute atomic E-state index is 0.649. The fraction of sp³-hybridized carbons (Fsp3) is 0.750. The second-order valence-electron chi connectivity index (χ2n) is 3.24. The molecule has 1 aromatic heterocycles. The van der Waals surface area contributed by atoms with E-state index in [4.69, 9.17) is 0 Å². The van der Waals surface area contributed by atoms with E-state index >= 15 is 0 Å². The Kier molecular flexibility index (Phi) is 1.44. The number of aromatic nitrogens is 3. The van der Waals surface area contributed by atoms with Crippen molar-refractivity contribution in [3.05, 3.63) is 11.6 Å². The Morgan fingerprint density at radius 2 is 2.09 bits per heavy atom. The molecule has 0 aromatic carbocycles. The highest BCUT2D eigenvalue weighted by molar-refractivity contribution is 4.92. The van der Waals surface area contributed by atoms with Crippen molar-refractivity contribution in [3.63, 3.8) is 0 Å². The van der Waals surface area contributed by atoms with Crippen molar-refractivity contribution < 1.29 is 0 Å². The molecular weight excluding hydrogens is 138 g/mol. The van der Waals surface area contributed by atoms with E-state index in [0.717, 1.165) is 11.6 Å². The van der Waals surface area contributed by atoms with E-state index in [2.05, 4.69) is 14.8 Å². The van der Waals surface area contributed by atoms with Gasteiger partial charge in [0.1, 0.15) is 11.6 Å². The monoisotopic (exact) mass is 151 g/mol. The summed E-state index contributed by atoms with van der Waals surface area (Å²) in [5.41, 5.74) is 0. The molecule has 11 heavy (non-hydrogen) atoms. The average molecular weight is 151 g/mol. The summed E-state index contributed by atoms with van der Waals surface area (Å²) < 4.78 is 2.07. The fourth-order valence-corrected chi connectivity index (χ4v) is 1.51. The summed E-state index contributed by atoms with van der Waals surface area (Å²) in [4.78, 5) is 4.27. The molecule has 0 radical (unpaired) electrons. The van der Waals surface area contributed by atoms with Crippen LogP contribution in [0.2, 0.25) is 0 Å². The van der Waals surface area contributed by atoms with E-state index in [9.17, 15) is 0 Å². The van der Waals surface area contributed by atoms with Gasteiger partial charge in [0.15, 0.2) is 0 Å². The third kappa shape index (κ3) is 1.04. The molecule has 2 rings (SSSR count). The first-order valence-corrected chi connectivity index (χ1v) is 4.17. The van der Waals surface area contributed by atoms with Gasteiger partial charge in [0.2, 0.25) is 0 Å². The van der Waals surface area contributed by atoms with Gasteiger partial charge >= 0.3 is 0 Å². The number of nitrogens with zero attached hydrogens (tertiary/aromatic N) is 3. The number of hydrogen-bond donors (Lipinski definition) is 0. The topological polar surface area (TPSA) is 30.7 Å². The Bertz CT molecular complexity index is 260. The molecule has 1 aliphatic rings. The Balaban J connectivity index is 2.28. The lowest BCUT2D eigenvalue weighted by Crippen LogP contribution is -2.19. The van der Waals surface area contributed by atoms with Crippen LogP contribution in [-0.4, -0.2) is 14.8 Å². The van der Waals surface area contributed by atoms with Crippen molar-refractivity contribution in [3.8, 4) is 0 Å². The van der Waals surface area contributed by atoms with Crippen molar-refractivity contribution in [2.75, 3.05) is 0 Å². The average Bonchev–Trinajstić information content (AvgIpc) is 2.07. The summed E-state index contributed by atoms with van der Waals surface area (Å²) in [6.07, 6.45) is 3.91. The summed E-state index contributed by atoms with van der Waals surface area (Å²) in [7, 11) is 0. The van der Waals surface area contributed by atoms with Crippen LogP contribution in [0.25, 0.3) is 0 Å². The normalized spacial score (nSPS) is 18.4. The number of aryl methyl sites for hydroxylation is 2. The standard InChI is InChI=1S/C8H13N3/c1-6-9-7(2)11(10-6)8-4-3-5-8/h8H,3-5H2,1-2H3. The van der Waals surface area contributed by atoms with Crippen LogP contribution in [-0.2, 0) is 0 Å². The zero-order valence-electron chi connectivity index (χ0n) is 7.04. The Morgan fingerprint density at radius 1 is 1.36 bits per heavy atom. The highest BCUT2D eigenvalue weighted by atomic mass is 15.4. The van der Waals surface area contributed by atoms with E-state index in [-0.39, 0.29) is 0 Å². The zero-order chi connectivity index (χ0) is 7.84. The van der Waals surface area contributed by atoms with E-state index < -0.39 is 0 Å². The van der Waals surface area contributed by atoms with Crippen LogP contribution in [0.5, 0.6) is 0 Å². The van der Waals surface area contributed by atoms with Crippen LogP contribution in [0.1, 0.15) is 37.0 Å². The number of hydrogen-bond acceptors (Lipinski definition) is 2. The third-order valence-electron chi connectivity index (χ3n) is 2.33. The van der Waals surface area contributed by atoms with Gasteiger partial charge in [-0.25, -0.2) is 9.67 Å². The van der Waals surface area contributed by atoms with Crippen LogP contribution in [0, 0.1) is 13.8 Å². The van der Waals surface area contributed by atoms with Crippen LogP contribution in [0.15, 0.2) is 0 Å². The van der Waals surface area contributed by atoms with Crippen molar-refractivity contribution in [1.82, 2.24) is 14.8 Å². The molecule has 0 N–H and O–H groups in total. The highest BCUT2D eigenvalue weighted by Gasteiger charge is 2.21. The van der Waals surface area contributed by atoms with Gasteiger partial charge in [-0.2, -0.15) is 5.10 Å². The predicted octanol–water partition coefficient (Wildman–Crippen LogP) is 1.62. The molecule has 0 aliphatic heterocycles. The smallest absolute Gasteiger partial charge is 0.147 e. The molecule has 60 valence electrons. The second kappa shape index (κ2) is 2.32. The van der Waals surface area contributed by atoms with Crippen molar-refractivity contribution >= 4 is 0 Å². The molecule has 1 aliphatic carbocycles. The predicted molar refractivity (Wildman–Crippen MR) is 42.4 cm³/mol. The minimum Gasteiger partial charge on any atom is -0.247 e. The molecule has 1 fully saturated rings. The fourth-order valence-electron chi connectivity index (χ4n) is 1.51. The molecule has 3 heteroatoms. The molecule has 0 unspecified atom stereocenters. The Hall–Kier alpha value is -0.860. The van der Waals surface area contributed by atoms with E-state index in [0.29, 0.717) is 6.04 Å². The largest absolute Gasteiger partial charge is 0.247 e. The van der Waals surface area contributed by atoms with Crippen molar-refractivity contribution in [2.45, 2.75) is 39.2 Å². The SMILES string of the molecule is Cc1nc(C)n(C2CCC2)n1. The van der Waals surface area contributed by atoms with E-state index in [1.807, 2.05) is 13.8 Å². The molecule has 0 spiro atoms. The van der Waals surface area contributed by atoms with Crippen LogP contribution in [0.3, 0.4) is 0 Å². The Labute approximate surface area is 66.4 Å². The molecule has 3 nitrogen and oxygen atoms in total. The molecule has 0 saturated heterocycles. The summed E-state index contributed by atoms with van der Waals surface area (Å²) in [6, 6.07) is 0.649. The van der Waals surface area contributed by atoms with Gasteiger partial charge in [-0.05, 0) is 33.1 Å². The van der Waals surface area contributed by atoms with Crippen LogP contribution in [0.4, 0.5) is 0 Å². The molecule has 0 bridgehead atoms. The maximum Gasteiger partial charge on any atom is 0.147 e. The van der Waals surface area contributed by atoms with Gasteiger partial charge in [-0.3, -0.25) is 0 Å². The van der Waals surface area contributed by atoms with Gasteiger partial charge in [0.05, 0.1) is 6.04 Å². The van der Waals surface area contributed by atoms with Gasteiger partial charge in [-0.1, -0.05) is 0 Å². The molecule has 0 atom stereocenters. The lowest BCUT2D eigenvalue weighted by molar-refractivity contribution is 0.283. The lowest BCUT2D eigenvalue weighted by atomic mass is 9.93. The van der Waals surface area contributed by atoms with Crippen LogP contribution >= 0.6 is 0 Å². The van der Waals surface area contributed by atoms with E-state index in [1.54, 1.807) is 0 Å². The first-order valence-electron chi connectivity index (χ1n) is 4.17. The maximum atomic E-state index is 4.34. The zero-order valence-corrected chi connectivity index (χ0v) is 7.04. The van der Waals surface area contributed by atoms with Gasteiger partial charge in [0, 0.05) is 0 Å². The summed E-state index contributed by atoms with van der Waals surface area (Å²) >= 11 is 0. The molecule has 1 saturated carbocycles. The van der Waals surface area contributed by atoms with Crippen molar-refractivity contribution in [1.29, 1.82) is 0 Å². The third-order valence-corrected chi connectivity index (χ3v) is 2.33. The molecule has 1 heterocycles. The second-order valence-corrected chi connectivity index (χ2v) is 3.24. The van der Waals surface area contributed by atoms with Gasteiger partial charge in [-0.15, -0.1) is 0 Å². The Morgan fingerprint density at radius 3 is 2.45 bits per heavy atom. The minimum atomic E-state index is 0.649. The highest BCUT2D eigenvalue weighted by Crippen LogP contribution is 2.31. The quantitative estimate of drug-likeness (QED) is 0.610. The molecule has 1 aromatic rings. The summed E-state index contributed by atoms with van der Waals surface area (Å²) in [5, 5.41) is 4.34. The van der Waals surface area contributed by atoms with Gasteiger partial charge in [0.25, 0.3) is 0 Å². The first kappa shape index (κ1) is 6.83. The van der Waals surface area contributed by atoms with Crippen LogP contribution < -0.4 is 0 Å². The summed E-state index contributed by atoms with van der Waals surface area (Å²) in [6.45, 7) is 3.97. The lowest BCUT2D eigenvalue weighted by Gasteiger charge is -2.25. The first-order chi connectivity index (χ1) is 5.27. The molecule has 0 amide bonds. The maximum absolute atomic E-state index is 4.34. The summed E-state index contributed by atoms with van der Waals surface area (Å²) in [5.74, 6) is 1.96.